The Balaban J connectivity index is 1.70. The van der Waals surface area contributed by atoms with Gasteiger partial charge in [-0.1, -0.05) is 30.6 Å². The number of aryl methyl sites for hydroxylation is 2. The van der Waals surface area contributed by atoms with Crippen molar-refractivity contribution in [2.24, 2.45) is 0 Å². The van der Waals surface area contributed by atoms with E-state index in [0.29, 0.717) is 16.7 Å². The third-order valence-corrected chi connectivity index (χ3v) is 4.95. The van der Waals surface area contributed by atoms with Crippen molar-refractivity contribution < 1.29 is 4.79 Å². The lowest BCUT2D eigenvalue weighted by molar-refractivity contribution is 0.102. The van der Waals surface area contributed by atoms with Crippen LogP contribution in [0.1, 0.15) is 64.8 Å². The van der Waals surface area contributed by atoms with Crippen molar-refractivity contribution in [2.75, 3.05) is 5.32 Å². The van der Waals surface area contributed by atoms with Crippen LogP contribution in [0.25, 0.3) is 0 Å². The summed E-state index contributed by atoms with van der Waals surface area (Å²) in [4.78, 5) is 16.5. The first-order valence-electron chi connectivity index (χ1n) is 7.72. The number of carbonyl (C=O) groups is 1. The van der Waals surface area contributed by atoms with Gasteiger partial charge in [0, 0.05) is 11.6 Å². The Morgan fingerprint density at radius 2 is 1.95 bits per heavy atom. The van der Waals surface area contributed by atoms with Crippen molar-refractivity contribution in [3.8, 4) is 0 Å². The van der Waals surface area contributed by atoms with Gasteiger partial charge in [-0.25, -0.2) is 4.98 Å². The first-order chi connectivity index (χ1) is 10.6. The monoisotopic (exact) mass is 316 g/mol. The van der Waals surface area contributed by atoms with Gasteiger partial charge in [0.1, 0.15) is 10.7 Å². The SMILES string of the molecule is Cc1cc(C)nc(C(=O)Nc2nnc(C3CCCCC3)s2)c1. The summed E-state index contributed by atoms with van der Waals surface area (Å²) in [6.45, 7) is 3.84. The topological polar surface area (TPSA) is 67.8 Å². The Morgan fingerprint density at radius 3 is 2.68 bits per heavy atom. The van der Waals surface area contributed by atoms with Crippen LogP contribution in [0.5, 0.6) is 0 Å². The maximum Gasteiger partial charge on any atom is 0.276 e. The molecule has 116 valence electrons. The number of anilines is 1. The summed E-state index contributed by atoms with van der Waals surface area (Å²) in [5.41, 5.74) is 2.29. The van der Waals surface area contributed by atoms with Crippen molar-refractivity contribution in [1.82, 2.24) is 15.2 Å². The molecular weight excluding hydrogens is 296 g/mol. The third kappa shape index (κ3) is 3.50. The molecule has 22 heavy (non-hydrogen) atoms. The molecule has 0 unspecified atom stereocenters. The smallest absolute Gasteiger partial charge is 0.276 e. The highest BCUT2D eigenvalue weighted by molar-refractivity contribution is 7.15. The molecule has 5 nitrogen and oxygen atoms in total. The zero-order valence-electron chi connectivity index (χ0n) is 12.9. The number of nitrogens with zero attached hydrogens (tertiary/aromatic N) is 3. The van der Waals surface area contributed by atoms with E-state index in [0.717, 1.165) is 16.3 Å². The zero-order chi connectivity index (χ0) is 15.5. The minimum atomic E-state index is -0.224. The van der Waals surface area contributed by atoms with Crippen LogP contribution >= 0.6 is 11.3 Å². The van der Waals surface area contributed by atoms with Crippen LogP contribution in [0.4, 0.5) is 5.13 Å². The molecule has 0 radical (unpaired) electrons. The molecule has 0 saturated heterocycles. The quantitative estimate of drug-likeness (QED) is 0.934. The number of amides is 1. The number of hydrogen-bond acceptors (Lipinski definition) is 5. The maximum atomic E-state index is 12.3. The fourth-order valence-electron chi connectivity index (χ4n) is 2.92. The number of aromatic nitrogens is 3. The molecule has 2 heterocycles. The van der Waals surface area contributed by atoms with Gasteiger partial charge in [0.2, 0.25) is 5.13 Å². The highest BCUT2D eigenvalue weighted by atomic mass is 32.1. The Bertz CT molecular complexity index is 656. The van der Waals surface area contributed by atoms with Crippen LogP contribution in [0.2, 0.25) is 0 Å². The first-order valence-corrected chi connectivity index (χ1v) is 8.53. The molecule has 0 spiro atoms. The standard InChI is InChI=1S/C16H20N4OS/c1-10-8-11(2)17-13(9-10)14(21)18-16-20-19-15(22-16)12-6-4-3-5-7-12/h8-9,12H,3-7H2,1-2H3,(H,18,20,21). The van der Waals surface area contributed by atoms with Gasteiger partial charge in [0.05, 0.1) is 0 Å². The van der Waals surface area contributed by atoms with Gasteiger partial charge in [0.15, 0.2) is 0 Å². The van der Waals surface area contributed by atoms with Crippen LogP contribution in [0.3, 0.4) is 0 Å². The number of rotatable bonds is 3. The predicted molar refractivity (Wildman–Crippen MR) is 87.4 cm³/mol. The lowest BCUT2D eigenvalue weighted by atomic mass is 9.90. The van der Waals surface area contributed by atoms with Crippen molar-refractivity contribution in [3.63, 3.8) is 0 Å². The Kier molecular flexibility index (Phi) is 4.47. The molecule has 1 amide bonds. The molecule has 6 heteroatoms. The molecule has 1 aliphatic rings. The lowest BCUT2D eigenvalue weighted by Gasteiger charge is -2.18. The molecule has 0 aromatic carbocycles. The van der Waals surface area contributed by atoms with E-state index in [1.807, 2.05) is 19.9 Å². The number of carbonyl (C=O) groups excluding carboxylic acids is 1. The van der Waals surface area contributed by atoms with Gasteiger partial charge in [-0.2, -0.15) is 0 Å². The molecule has 1 saturated carbocycles. The fourth-order valence-corrected chi connectivity index (χ4v) is 3.83. The minimum Gasteiger partial charge on any atom is -0.295 e. The van der Waals surface area contributed by atoms with Crippen LogP contribution in [-0.4, -0.2) is 21.1 Å². The summed E-state index contributed by atoms with van der Waals surface area (Å²) in [5.74, 6) is 0.286. The average molecular weight is 316 g/mol. The van der Waals surface area contributed by atoms with Crippen LogP contribution in [0, 0.1) is 13.8 Å². The molecule has 1 fully saturated rings. The molecule has 0 aliphatic heterocycles. The van der Waals surface area contributed by atoms with Crippen LogP contribution in [-0.2, 0) is 0 Å². The minimum absolute atomic E-state index is 0.224. The summed E-state index contributed by atoms with van der Waals surface area (Å²) < 4.78 is 0. The van der Waals surface area contributed by atoms with Gasteiger partial charge in [0.25, 0.3) is 5.91 Å². The van der Waals surface area contributed by atoms with Gasteiger partial charge < -0.3 is 0 Å². The first kappa shape index (κ1) is 15.1. The molecule has 2 aromatic heterocycles. The summed E-state index contributed by atoms with van der Waals surface area (Å²) in [7, 11) is 0. The summed E-state index contributed by atoms with van der Waals surface area (Å²) in [6, 6.07) is 3.73. The van der Waals surface area contributed by atoms with E-state index in [1.165, 1.54) is 43.4 Å². The van der Waals surface area contributed by atoms with E-state index in [9.17, 15) is 4.79 Å². The second kappa shape index (κ2) is 6.52. The Labute approximate surface area is 134 Å². The Morgan fingerprint density at radius 1 is 1.18 bits per heavy atom. The summed E-state index contributed by atoms with van der Waals surface area (Å²) in [5, 5.41) is 12.8. The maximum absolute atomic E-state index is 12.3. The van der Waals surface area contributed by atoms with Gasteiger partial charge in [-0.05, 0) is 44.4 Å². The third-order valence-electron chi connectivity index (χ3n) is 3.95. The molecule has 2 aromatic rings. The van der Waals surface area contributed by atoms with Crippen molar-refractivity contribution in [2.45, 2.75) is 51.9 Å². The van der Waals surface area contributed by atoms with Crippen molar-refractivity contribution >= 4 is 22.4 Å². The number of pyridine rings is 1. The highest BCUT2D eigenvalue weighted by Crippen LogP contribution is 2.35. The number of hydrogen-bond donors (Lipinski definition) is 1. The van der Waals surface area contributed by atoms with Gasteiger partial charge in [-0.15, -0.1) is 10.2 Å². The molecule has 0 atom stereocenters. The molecular formula is C16H20N4OS. The van der Waals surface area contributed by atoms with E-state index >= 15 is 0 Å². The normalized spacial score (nSPS) is 15.7. The Hall–Kier alpha value is -1.82. The zero-order valence-corrected chi connectivity index (χ0v) is 13.7. The highest BCUT2D eigenvalue weighted by Gasteiger charge is 2.20. The summed E-state index contributed by atoms with van der Waals surface area (Å²) in [6.07, 6.45) is 6.20. The second-order valence-corrected chi connectivity index (χ2v) is 6.91. The van der Waals surface area contributed by atoms with Crippen LogP contribution in [0.15, 0.2) is 12.1 Å². The van der Waals surface area contributed by atoms with Crippen molar-refractivity contribution in [1.29, 1.82) is 0 Å². The van der Waals surface area contributed by atoms with E-state index < -0.39 is 0 Å². The molecule has 0 bridgehead atoms. The van der Waals surface area contributed by atoms with Gasteiger partial charge >= 0.3 is 0 Å². The van der Waals surface area contributed by atoms with E-state index in [4.69, 9.17) is 0 Å². The number of nitrogens with one attached hydrogen (secondary N) is 1. The largest absolute Gasteiger partial charge is 0.295 e. The van der Waals surface area contributed by atoms with Gasteiger partial charge in [-0.3, -0.25) is 10.1 Å². The van der Waals surface area contributed by atoms with E-state index in [1.54, 1.807) is 6.07 Å². The summed E-state index contributed by atoms with van der Waals surface area (Å²) >= 11 is 1.49. The van der Waals surface area contributed by atoms with E-state index in [-0.39, 0.29) is 5.91 Å². The fraction of sp³-hybridized carbons (Fsp3) is 0.500. The van der Waals surface area contributed by atoms with Crippen LogP contribution < -0.4 is 5.32 Å². The van der Waals surface area contributed by atoms with E-state index in [2.05, 4.69) is 20.5 Å². The molecule has 1 aliphatic carbocycles. The second-order valence-electron chi connectivity index (χ2n) is 5.91. The average Bonchev–Trinajstić information content (AvgIpc) is 2.95. The lowest BCUT2D eigenvalue weighted by Crippen LogP contribution is -2.14. The predicted octanol–water partition coefficient (Wildman–Crippen LogP) is 3.85. The molecule has 1 N–H and O–H groups in total. The molecule has 3 rings (SSSR count). The van der Waals surface area contributed by atoms with Crippen molar-refractivity contribution in [3.05, 3.63) is 34.1 Å².